The van der Waals surface area contributed by atoms with Gasteiger partial charge in [-0.15, -0.1) is 0 Å². The molecule has 0 unspecified atom stereocenters. The van der Waals surface area contributed by atoms with Crippen molar-refractivity contribution in [2.45, 2.75) is 76.6 Å². The van der Waals surface area contributed by atoms with Crippen LogP contribution in [0.5, 0.6) is 0 Å². The number of alkyl halides is 5. The van der Waals surface area contributed by atoms with Crippen molar-refractivity contribution in [2.75, 3.05) is 0 Å². The Kier molecular flexibility index (Phi) is 9.88. The third kappa shape index (κ3) is 7.57. The first kappa shape index (κ1) is 38.1. The second-order valence-electron chi connectivity index (χ2n) is 13.3. The van der Waals surface area contributed by atoms with Crippen LogP contribution < -0.4 is 5.73 Å². The average Bonchev–Trinajstić information content (AvgIpc) is 3.67. The Hall–Kier alpha value is -5.10. The first-order chi connectivity index (χ1) is 23.7. The molecule has 7 nitrogen and oxygen atoms in total. The lowest BCUT2D eigenvalue weighted by atomic mass is 9.86. The van der Waals surface area contributed by atoms with Crippen LogP contribution in [0.2, 0.25) is 0 Å². The molecule has 52 heavy (non-hydrogen) atoms. The molecule has 2 aromatic carbocycles. The zero-order chi connectivity index (χ0) is 37.2. The van der Waals surface area contributed by atoms with Crippen LogP contribution in [0, 0.1) is 35.2 Å². The van der Waals surface area contributed by atoms with E-state index >= 15 is 8.78 Å². The lowest BCUT2D eigenvalue weighted by Gasteiger charge is -2.21. The molecule has 6 rings (SSSR count). The van der Waals surface area contributed by atoms with Gasteiger partial charge in [0.05, 0.1) is 11.3 Å². The van der Waals surface area contributed by atoms with Gasteiger partial charge in [0.1, 0.15) is 41.0 Å². The molecule has 4 aromatic rings. The Labute approximate surface area is 292 Å². The quantitative estimate of drug-likeness (QED) is 0.137. The maximum atomic E-state index is 15.2. The van der Waals surface area contributed by atoms with Crippen LogP contribution in [0.25, 0.3) is 11.1 Å². The molecule has 2 aromatic heterocycles. The molecule has 3 N–H and O–H groups in total. The van der Waals surface area contributed by atoms with Crippen molar-refractivity contribution in [3.63, 3.8) is 0 Å². The lowest BCUT2D eigenvalue weighted by molar-refractivity contribution is -0.142. The summed E-state index contributed by atoms with van der Waals surface area (Å²) in [5, 5.41) is 13.6. The number of hydrogen-bond acceptors (Lipinski definition) is 5. The van der Waals surface area contributed by atoms with Gasteiger partial charge in [0.15, 0.2) is 11.5 Å². The molecular formula is C37H32F8N4O3. The van der Waals surface area contributed by atoms with E-state index in [0.29, 0.717) is 10.7 Å². The summed E-state index contributed by atoms with van der Waals surface area (Å²) in [6, 6.07) is 8.85. The number of aliphatic hydroxyl groups is 1. The largest absolute Gasteiger partial charge is 0.435 e. The van der Waals surface area contributed by atoms with Crippen LogP contribution in [0.1, 0.15) is 90.2 Å². The summed E-state index contributed by atoms with van der Waals surface area (Å²) in [5.41, 5.74) is 0.782. The van der Waals surface area contributed by atoms with Gasteiger partial charge >= 0.3 is 6.18 Å². The Morgan fingerprint density at radius 2 is 1.73 bits per heavy atom. The van der Waals surface area contributed by atoms with Crippen LogP contribution in [0.15, 0.2) is 48.5 Å². The molecule has 1 amide bonds. The Bertz CT molecular complexity index is 2120. The summed E-state index contributed by atoms with van der Waals surface area (Å²) in [6.45, 7) is 1.82. The van der Waals surface area contributed by atoms with Gasteiger partial charge in [-0.1, -0.05) is 19.4 Å². The number of amides is 1. The lowest BCUT2D eigenvalue weighted by Crippen LogP contribution is -2.24. The third-order valence-corrected chi connectivity index (χ3v) is 8.76. The number of carbonyl (C=O) groups excluding carboxylic acids is 2. The van der Waals surface area contributed by atoms with Crippen molar-refractivity contribution >= 4 is 11.7 Å². The molecule has 15 heteroatoms. The smallest absolute Gasteiger partial charge is 0.378 e. The summed E-state index contributed by atoms with van der Waals surface area (Å²) in [4.78, 5) is 30.3. The Balaban J connectivity index is 0.00000523. The van der Waals surface area contributed by atoms with Gasteiger partial charge in [-0.2, -0.15) is 27.1 Å². The predicted molar refractivity (Wildman–Crippen MR) is 172 cm³/mol. The monoisotopic (exact) mass is 732 g/mol. The van der Waals surface area contributed by atoms with Crippen LogP contribution >= 0.6 is 0 Å². The first-order valence-electron chi connectivity index (χ1n) is 15.6. The first-order valence-corrected chi connectivity index (χ1v) is 15.6. The summed E-state index contributed by atoms with van der Waals surface area (Å²) in [5.74, 6) is -6.73. The van der Waals surface area contributed by atoms with E-state index in [1.165, 1.54) is 32.0 Å². The van der Waals surface area contributed by atoms with Crippen LogP contribution in [0.4, 0.5) is 35.1 Å². The molecule has 0 saturated heterocycles. The normalized spacial score (nSPS) is 17.7. The highest BCUT2D eigenvalue weighted by molar-refractivity contribution is 5.94. The van der Waals surface area contributed by atoms with Gasteiger partial charge in [-0.05, 0) is 86.1 Å². The van der Waals surface area contributed by atoms with Gasteiger partial charge in [0, 0.05) is 35.4 Å². The van der Waals surface area contributed by atoms with Crippen molar-refractivity contribution in [2.24, 2.45) is 11.7 Å². The highest BCUT2D eigenvalue weighted by Crippen LogP contribution is 2.68. The van der Waals surface area contributed by atoms with Crippen molar-refractivity contribution in [3.05, 3.63) is 105 Å². The number of hydrogen-bond donors (Lipinski definition) is 2. The van der Waals surface area contributed by atoms with E-state index in [1.807, 2.05) is 0 Å². The molecule has 2 aliphatic carbocycles. The Morgan fingerprint density at radius 1 is 1.06 bits per heavy atom. The molecule has 3 atom stereocenters. The number of pyridine rings is 1. The van der Waals surface area contributed by atoms with E-state index in [-0.39, 0.29) is 48.3 Å². The van der Waals surface area contributed by atoms with Gasteiger partial charge in [0.25, 0.3) is 11.8 Å². The highest BCUT2D eigenvalue weighted by Gasteiger charge is 2.68. The Morgan fingerprint density at radius 3 is 2.35 bits per heavy atom. The van der Waals surface area contributed by atoms with Crippen LogP contribution in [0.3, 0.4) is 0 Å². The fourth-order valence-electron chi connectivity index (χ4n) is 6.58. The second-order valence-corrected chi connectivity index (χ2v) is 13.3. The van der Waals surface area contributed by atoms with Crippen LogP contribution in [-0.4, -0.2) is 37.2 Å². The van der Waals surface area contributed by atoms with Crippen LogP contribution in [-0.2, 0) is 29.9 Å². The number of nitrogens with two attached hydrogens (primary N) is 1. The number of carbonyl (C=O) groups is 2. The SMILES string of the molecule is C.CC(C)(O)C#Cc1ccc(-c2ccc(F)c(C(N)=O)c2)c([C@@H](CC(=O)Cn2nc(C(F)(F)F)c3c2C(F)(F)[C@@H]2C[C@H]32)Cc2cc(F)cc(F)c2)n1. The molecule has 0 bridgehead atoms. The zero-order valence-corrected chi connectivity index (χ0v) is 26.9. The van der Waals surface area contributed by atoms with Crippen molar-refractivity contribution in [1.82, 2.24) is 14.8 Å². The van der Waals surface area contributed by atoms with Gasteiger partial charge in [-0.25, -0.2) is 18.2 Å². The number of nitrogens with zero attached hydrogens (tertiary/aromatic N) is 3. The number of ketones is 1. The fraction of sp³-hybridized carbons (Fsp3) is 0.351. The molecule has 274 valence electrons. The molecule has 2 aliphatic rings. The van der Waals surface area contributed by atoms with Crippen molar-refractivity contribution in [3.8, 4) is 23.0 Å². The van der Waals surface area contributed by atoms with E-state index < -0.39 is 100 Å². The third-order valence-electron chi connectivity index (χ3n) is 8.76. The number of Topliss-reactive ketones (excluding diaryl/α,β-unsaturated/α-hetero) is 1. The van der Waals surface area contributed by atoms with E-state index in [0.717, 1.165) is 24.3 Å². The molecule has 0 spiro atoms. The minimum Gasteiger partial charge on any atom is -0.378 e. The molecule has 2 heterocycles. The number of primary amides is 1. The topological polar surface area (TPSA) is 111 Å². The molecule has 0 aliphatic heterocycles. The fourth-order valence-corrected chi connectivity index (χ4v) is 6.58. The standard InChI is InChI=1S/C36H28F8N4O3.CH4/c1-34(2,51)8-7-22-4-5-24(18-3-6-28(39)26(13-18)33(45)50)30(46-22)19(9-17-10-20(37)14-21(38)11-17)12-23(49)16-48-32-29(31(47-48)36(42,43)44)25-15-27(25)35(32,40)41;/h3-6,10-11,13-14,19,25,27,51H,9,12,15-16H2,1-2H3,(H2,45,50);1H4/t19-,25+,27-;/m1./s1. The van der Waals surface area contributed by atoms with E-state index in [1.54, 1.807) is 0 Å². The summed E-state index contributed by atoms with van der Waals surface area (Å²) in [6.07, 6.45) is -6.12. The molecule has 0 radical (unpaired) electrons. The number of fused-ring (bicyclic) bond motifs is 3. The van der Waals surface area contributed by atoms with Gasteiger partial charge in [-0.3, -0.25) is 14.3 Å². The number of aromatic nitrogens is 3. The maximum Gasteiger partial charge on any atom is 0.435 e. The molecule has 1 saturated carbocycles. The van der Waals surface area contributed by atoms with E-state index in [9.17, 15) is 41.0 Å². The summed E-state index contributed by atoms with van der Waals surface area (Å²) < 4.78 is 116. The minimum absolute atomic E-state index is 0. The number of halogens is 8. The van der Waals surface area contributed by atoms with E-state index in [2.05, 4.69) is 21.9 Å². The summed E-state index contributed by atoms with van der Waals surface area (Å²) in [7, 11) is 0. The average molecular weight is 733 g/mol. The van der Waals surface area contributed by atoms with Crippen molar-refractivity contribution in [1.29, 1.82) is 0 Å². The van der Waals surface area contributed by atoms with Gasteiger partial charge < -0.3 is 10.8 Å². The van der Waals surface area contributed by atoms with E-state index in [4.69, 9.17) is 5.73 Å². The maximum absolute atomic E-state index is 15.2. The summed E-state index contributed by atoms with van der Waals surface area (Å²) >= 11 is 0. The molecular weight excluding hydrogens is 700 g/mol. The number of benzene rings is 2. The second kappa shape index (κ2) is 13.5. The molecule has 1 fully saturated rings. The minimum atomic E-state index is -5.06. The van der Waals surface area contributed by atoms with Crippen molar-refractivity contribution < 1.29 is 49.8 Å². The number of rotatable bonds is 9. The predicted octanol–water partition coefficient (Wildman–Crippen LogP) is 7.43. The van der Waals surface area contributed by atoms with Gasteiger partial charge in [0.2, 0.25) is 0 Å². The zero-order valence-electron chi connectivity index (χ0n) is 26.9. The highest BCUT2D eigenvalue weighted by atomic mass is 19.4.